The molecule has 0 fully saturated rings. The monoisotopic (exact) mass is 410 g/mol. The highest BCUT2D eigenvalue weighted by atomic mass is 32.2. The van der Waals surface area contributed by atoms with Gasteiger partial charge in [0.1, 0.15) is 13.2 Å². The van der Waals surface area contributed by atoms with Crippen LogP contribution in [0.25, 0.3) is 0 Å². The van der Waals surface area contributed by atoms with Crippen molar-refractivity contribution in [2.75, 3.05) is 23.3 Å². The largest absolute Gasteiger partial charge is 0.486 e. The third kappa shape index (κ3) is 4.46. The summed E-state index contributed by atoms with van der Waals surface area (Å²) < 4.78 is 38.9. The normalized spacial score (nSPS) is 14.1. The number of rotatable bonds is 6. The molecule has 0 radical (unpaired) electrons. The van der Waals surface area contributed by atoms with Crippen LogP contribution in [0.3, 0.4) is 0 Å². The lowest BCUT2D eigenvalue weighted by Gasteiger charge is -2.19. The Morgan fingerprint density at radius 1 is 0.828 bits per heavy atom. The Morgan fingerprint density at radius 2 is 1.48 bits per heavy atom. The summed E-state index contributed by atoms with van der Waals surface area (Å²) in [4.78, 5) is 0.127. The minimum atomic E-state index is -3.73. The summed E-state index contributed by atoms with van der Waals surface area (Å²) in [6, 6.07) is 22.0. The first-order valence-electron chi connectivity index (χ1n) is 9.35. The predicted octanol–water partition coefficient (Wildman–Crippen LogP) is 4.43. The number of ether oxygens (including phenoxy) is 2. The number of sulfonamides is 1. The molecule has 0 saturated heterocycles. The molecule has 29 heavy (non-hydrogen) atoms. The fourth-order valence-corrected chi connectivity index (χ4v) is 4.19. The molecule has 0 spiro atoms. The fraction of sp³-hybridized carbons (Fsp3) is 0.182. The van der Waals surface area contributed by atoms with Gasteiger partial charge < -0.3 is 14.8 Å². The highest BCUT2D eigenvalue weighted by molar-refractivity contribution is 7.92. The molecule has 1 heterocycles. The molecule has 150 valence electrons. The maximum Gasteiger partial charge on any atom is 0.262 e. The lowest BCUT2D eigenvalue weighted by atomic mass is 10.1. The standard InChI is InChI=1S/C22H22N2O4S/c1-16(17-5-3-2-4-6-17)23-18-7-9-19(10-8-18)24-29(25,26)20-11-12-21-22(15-20)28-14-13-27-21/h2-12,15-16,23-24H,13-14H2,1H3. The van der Waals surface area contributed by atoms with Gasteiger partial charge in [0.05, 0.1) is 4.90 Å². The molecule has 1 aliphatic rings. The number of anilines is 2. The molecule has 1 aliphatic heterocycles. The van der Waals surface area contributed by atoms with Crippen LogP contribution < -0.4 is 19.5 Å². The molecule has 0 amide bonds. The zero-order valence-corrected chi connectivity index (χ0v) is 16.8. The van der Waals surface area contributed by atoms with Crippen molar-refractivity contribution in [3.63, 3.8) is 0 Å². The summed E-state index contributed by atoms with van der Waals surface area (Å²) in [5.74, 6) is 0.992. The van der Waals surface area contributed by atoms with E-state index in [1.165, 1.54) is 17.7 Å². The highest BCUT2D eigenvalue weighted by Crippen LogP contribution is 2.33. The van der Waals surface area contributed by atoms with E-state index >= 15 is 0 Å². The number of hydrogen-bond donors (Lipinski definition) is 2. The molecule has 2 N–H and O–H groups in total. The summed E-state index contributed by atoms with van der Waals surface area (Å²) in [6.45, 7) is 2.94. The zero-order chi connectivity index (χ0) is 20.3. The van der Waals surface area contributed by atoms with Crippen molar-refractivity contribution < 1.29 is 17.9 Å². The fourth-order valence-electron chi connectivity index (χ4n) is 3.11. The van der Waals surface area contributed by atoms with Gasteiger partial charge in [0.2, 0.25) is 0 Å². The number of hydrogen-bond acceptors (Lipinski definition) is 5. The van der Waals surface area contributed by atoms with Crippen molar-refractivity contribution in [1.29, 1.82) is 0 Å². The molecular formula is C22H22N2O4S. The SMILES string of the molecule is CC(Nc1ccc(NS(=O)(=O)c2ccc3c(c2)OCCO3)cc1)c1ccccc1. The molecule has 3 aromatic rings. The van der Waals surface area contributed by atoms with E-state index in [1.807, 2.05) is 30.3 Å². The van der Waals surface area contributed by atoms with Crippen molar-refractivity contribution >= 4 is 21.4 Å². The van der Waals surface area contributed by atoms with E-state index in [-0.39, 0.29) is 10.9 Å². The molecule has 4 rings (SSSR count). The van der Waals surface area contributed by atoms with Crippen molar-refractivity contribution in [1.82, 2.24) is 0 Å². The van der Waals surface area contributed by atoms with Gasteiger partial charge in [-0.1, -0.05) is 30.3 Å². The molecule has 3 aromatic carbocycles. The van der Waals surface area contributed by atoms with Crippen LogP contribution in [0.2, 0.25) is 0 Å². The predicted molar refractivity (Wildman–Crippen MR) is 113 cm³/mol. The first kappa shape index (κ1) is 19.1. The summed E-state index contributed by atoms with van der Waals surface area (Å²) in [6.07, 6.45) is 0. The Kier molecular flexibility index (Phi) is 5.31. The quantitative estimate of drug-likeness (QED) is 0.629. The van der Waals surface area contributed by atoms with Crippen molar-refractivity contribution in [3.05, 3.63) is 78.4 Å². The van der Waals surface area contributed by atoms with Crippen LogP contribution in [-0.2, 0) is 10.0 Å². The van der Waals surface area contributed by atoms with Crippen molar-refractivity contribution in [3.8, 4) is 11.5 Å². The van der Waals surface area contributed by atoms with Gasteiger partial charge in [-0.05, 0) is 48.9 Å². The van der Waals surface area contributed by atoms with Crippen molar-refractivity contribution in [2.45, 2.75) is 17.9 Å². The minimum Gasteiger partial charge on any atom is -0.486 e. The second kappa shape index (κ2) is 8.05. The van der Waals surface area contributed by atoms with Gasteiger partial charge in [0.25, 0.3) is 10.0 Å². The van der Waals surface area contributed by atoms with E-state index in [9.17, 15) is 8.42 Å². The highest BCUT2D eigenvalue weighted by Gasteiger charge is 2.19. The van der Waals surface area contributed by atoms with Crippen LogP contribution in [0.15, 0.2) is 77.7 Å². The molecule has 0 saturated carbocycles. The third-order valence-corrected chi connectivity index (χ3v) is 6.02. The maximum absolute atomic E-state index is 12.7. The van der Waals surface area contributed by atoms with Crippen LogP contribution in [0.5, 0.6) is 11.5 Å². The molecule has 0 aliphatic carbocycles. The molecule has 0 bridgehead atoms. The third-order valence-electron chi connectivity index (χ3n) is 4.64. The Balaban J connectivity index is 1.45. The lowest BCUT2D eigenvalue weighted by Crippen LogP contribution is -2.17. The van der Waals surface area contributed by atoms with Gasteiger partial charge in [-0.15, -0.1) is 0 Å². The Morgan fingerprint density at radius 3 is 2.21 bits per heavy atom. The lowest BCUT2D eigenvalue weighted by molar-refractivity contribution is 0.171. The summed E-state index contributed by atoms with van der Waals surface area (Å²) in [5, 5.41) is 3.41. The van der Waals surface area contributed by atoms with Crippen LogP contribution in [-0.4, -0.2) is 21.6 Å². The average Bonchev–Trinajstić information content (AvgIpc) is 2.75. The van der Waals surface area contributed by atoms with Crippen LogP contribution in [0.4, 0.5) is 11.4 Å². The number of fused-ring (bicyclic) bond motifs is 1. The van der Waals surface area contributed by atoms with E-state index in [4.69, 9.17) is 9.47 Å². The average molecular weight is 410 g/mol. The van der Waals surface area contributed by atoms with Crippen LogP contribution in [0, 0.1) is 0 Å². The van der Waals surface area contributed by atoms with E-state index in [0.717, 1.165) is 5.69 Å². The van der Waals surface area contributed by atoms with E-state index in [0.29, 0.717) is 30.4 Å². The molecular weight excluding hydrogens is 388 g/mol. The summed E-state index contributed by atoms with van der Waals surface area (Å²) >= 11 is 0. The molecule has 1 atom stereocenters. The smallest absolute Gasteiger partial charge is 0.262 e. The summed E-state index contributed by atoms with van der Waals surface area (Å²) in [5.41, 5.74) is 2.57. The van der Waals surface area contributed by atoms with Gasteiger partial charge in [0, 0.05) is 23.5 Å². The van der Waals surface area contributed by atoms with E-state index in [2.05, 4.69) is 29.1 Å². The van der Waals surface area contributed by atoms with Crippen LogP contribution >= 0.6 is 0 Å². The zero-order valence-electron chi connectivity index (χ0n) is 16.0. The topological polar surface area (TPSA) is 76.7 Å². The molecule has 6 nitrogen and oxygen atoms in total. The maximum atomic E-state index is 12.7. The van der Waals surface area contributed by atoms with Gasteiger partial charge >= 0.3 is 0 Å². The molecule has 1 unspecified atom stereocenters. The Hall–Kier alpha value is -3.19. The first-order valence-corrected chi connectivity index (χ1v) is 10.8. The van der Waals surface area contributed by atoms with Gasteiger partial charge in [-0.25, -0.2) is 8.42 Å². The number of nitrogens with one attached hydrogen (secondary N) is 2. The second-order valence-electron chi connectivity index (χ2n) is 6.77. The van der Waals surface area contributed by atoms with Gasteiger partial charge in [0.15, 0.2) is 11.5 Å². The van der Waals surface area contributed by atoms with E-state index < -0.39 is 10.0 Å². The Labute approximate surface area is 170 Å². The van der Waals surface area contributed by atoms with E-state index in [1.54, 1.807) is 18.2 Å². The molecule has 0 aromatic heterocycles. The summed E-state index contributed by atoms with van der Waals surface area (Å²) in [7, 11) is -3.73. The second-order valence-corrected chi connectivity index (χ2v) is 8.45. The Bertz CT molecular complexity index is 1080. The minimum absolute atomic E-state index is 0.127. The van der Waals surface area contributed by atoms with Gasteiger partial charge in [-0.3, -0.25) is 4.72 Å². The van der Waals surface area contributed by atoms with Crippen molar-refractivity contribution in [2.24, 2.45) is 0 Å². The molecule has 7 heteroatoms. The van der Waals surface area contributed by atoms with Crippen LogP contribution in [0.1, 0.15) is 18.5 Å². The first-order chi connectivity index (χ1) is 14.0. The number of benzene rings is 3. The van der Waals surface area contributed by atoms with Gasteiger partial charge in [-0.2, -0.15) is 0 Å².